The number of aromatic hydroxyl groups is 1. The number of halogens is 3. The number of fused-ring (bicyclic) bond motifs is 2. The van der Waals surface area contributed by atoms with Gasteiger partial charge in [0.25, 0.3) is 0 Å². The monoisotopic (exact) mass is 808 g/mol. The lowest BCUT2D eigenvalue weighted by atomic mass is 9.69. The van der Waals surface area contributed by atoms with Gasteiger partial charge in [0, 0.05) is 28.5 Å². The number of allylic oxidation sites excluding steroid dienone is 1. The highest BCUT2D eigenvalue weighted by molar-refractivity contribution is 9.11. The quantitative estimate of drug-likeness (QED) is 0.268. The zero-order chi connectivity index (χ0) is 32.7. The Balaban J connectivity index is 1.66. The summed E-state index contributed by atoms with van der Waals surface area (Å²) in [7, 11) is 1.64. The SMILES string of the molecule is CO[C@@H](CC[C@H](C)[C@H]1O[C@]23C[C@H](OC(=O)C[C@H]([C@@H](C)O)OC(=O)CC(=C(C)CC2(C)C)O3)[C@@H]1C)c1c(Br)cc(Br)c(O)c1Br. The lowest BCUT2D eigenvalue weighted by Crippen LogP contribution is -2.62. The van der Waals surface area contributed by atoms with Gasteiger partial charge in [-0.05, 0) is 82.5 Å². The molecule has 3 aliphatic heterocycles. The van der Waals surface area contributed by atoms with Gasteiger partial charge in [-0.25, -0.2) is 0 Å². The fourth-order valence-corrected chi connectivity index (χ4v) is 9.34. The van der Waals surface area contributed by atoms with Crippen LogP contribution >= 0.6 is 47.8 Å². The van der Waals surface area contributed by atoms with E-state index in [1.807, 2.05) is 13.8 Å². The molecule has 1 aromatic rings. The molecular weight excluding hydrogens is 768 g/mol. The number of aliphatic hydroxyl groups excluding tert-OH is 1. The lowest BCUT2D eigenvalue weighted by molar-refractivity contribution is -0.352. The van der Waals surface area contributed by atoms with Crippen LogP contribution in [0.4, 0.5) is 0 Å². The van der Waals surface area contributed by atoms with E-state index in [1.165, 1.54) is 6.92 Å². The highest BCUT2D eigenvalue weighted by Crippen LogP contribution is 2.55. The van der Waals surface area contributed by atoms with E-state index in [0.29, 0.717) is 40.4 Å². The largest absolute Gasteiger partial charge is 0.506 e. The van der Waals surface area contributed by atoms with E-state index >= 15 is 0 Å². The summed E-state index contributed by atoms with van der Waals surface area (Å²) in [4.78, 5) is 26.1. The Labute approximate surface area is 284 Å². The number of phenolic OH excluding ortho intramolecular Hbond substituents is 1. The fourth-order valence-electron chi connectivity index (χ4n) is 6.71. The van der Waals surface area contributed by atoms with Crippen LogP contribution in [-0.2, 0) is 33.3 Å². The maximum atomic E-state index is 13.2. The molecule has 2 saturated heterocycles. The van der Waals surface area contributed by atoms with Crippen molar-refractivity contribution in [3.05, 3.63) is 36.4 Å². The first-order chi connectivity index (χ1) is 20.5. The molecule has 4 rings (SSSR count). The molecule has 3 aliphatic rings. The summed E-state index contributed by atoms with van der Waals surface area (Å²) < 4.78 is 33.1. The molecule has 12 heteroatoms. The van der Waals surface area contributed by atoms with E-state index in [9.17, 15) is 19.8 Å². The summed E-state index contributed by atoms with van der Waals surface area (Å²) >= 11 is 10.5. The van der Waals surface area contributed by atoms with Gasteiger partial charge in [0.1, 0.15) is 30.1 Å². The van der Waals surface area contributed by atoms with Gasteiger partial charge in [-0.3, -0.25) is 9.59 Å². The van der Waals surface area contributed by atoms with E-state index in [0.717, 1.165) is 15.6 Å². The Hall–Kier alpha value is -1.18. The Morgan fingerprint density at radius 2 is 1.77 bits per heavy atom. The zero-order valence-corrected chi connectivity index (χ0v) is 31.0. The molecular formula is C32H43Br3O9. The number of benzene rings is 1. The van der Waals surface area contributed by atoms with Crippen molar-refractivity contribution >= 4 is 59.7 Å². The van der Waals surface area contributed by atoms with Crippen LogP contribution in [0.3, 0.4) is 0 Å². The number of aliphatic hydroxyl groups is 1. The van der Waals surface area contributed by atoms with Crippen LogP contribution in [0.25, 0.3) is 0 Å². The van der Waals surface area contributed by atoms with Crippen molar-refractivity contribution in [3.8, 4) is 5.75 Å². The molecule has 8 atom stereocenters. The molecule has 9 nitrogen and oxygen atoms in total. The van der Waals surface area contributed by atoms with Gasteiger partial charge in [0.15, 0.2) is 0 Å². The first-order valence-electron chi connectivity index (χ1n) is 15.0. The smallest absolute Gasteiger partial charge is 0.313 e. The molecule has 44 heavy (non-hydrogen) atoms. The van der Waals surface area contributed by atoms with Gasteiger partial charge in [-0.1, -0.05) is 43.6 Å². The zero-order valence-electron chi connectivity index (χ0n) is 26.2. The topological polar surface area (TPSA) is 121 Å². The summed E-state index contributed by atoms with van der Waals surface area (Å²) in [5, 5.41) is 20.8. The number of rotatable bonds is 7. The van der Waals surface area contributed by atoms with E-state index in [-0.39, 0.29) is 42.6 Å². The Morgan fingerprint density at radius 1 is 1.09 bits per heavy atom. The molecule has 0 amide bonds. The minimum Gasteiger partial charge on any atom is -0.506 e. The summed E-state index contributed by atoms with van der Waals surface area (Å²) in [5.74, 6) is -1.88. The van der Waals surface area contributed by atoms with Crippen LogP contribution in [0.1, 0.15) is 91.7 Å². The first-order valence-corrected chi connectivity index (χ1v) is 17.4. The average molecular weight is 811 g/mol. The number of hydrogen-bond donors (Lipinski definition) is 2. The normalized spacial score (nSPS) is 31.1. The van der Waals surface area contributed by atoms with Gasteiger partial charge in [0.05, 0.1) is 40.1 Å². The average Bonchev–Trinajstić information content (AvgIpc) is 2.92. The molecule has 0 aromatic heterocycles. The third-order valence-corrected chi connectivity index (χ3v) is 11.5. The second-order valence-corrected chi connectivity index (χ2v) is 15.6. The van der Waals surface area contributed by atoms with Crippen molar-refractivity contribution in [2.24, 2.45) is 17.3 Å². The predicted molar refractivity (Wildman–Crippen MR) is 174 cm³/mol. The number of esters is 2. The molecule has 1 spiro atoms. The minimum atomic E-state index is -1.15. The standard InChI is InChI=1S/C32H43Br3O9/c1-15(8-9-21(40-7)27-19(33)10-20(34)29(39)28(27)35)30-17(3)24-14-32(44-30)31(5,6)13-16(2)22(43-32)11-25(37)41-23(18(4)36)12-26(38)42-24/h10,15,17-18,21,23-24,30,36,39H,8-9,11-14H2,1-7H3/t15-,17-,18+,21-,23+,24-,30+,32+/m0/s1. The molecule has 0 radical (unpaired) electrons. The van der Waals surface area contributed by atoms with Gasteiger partial charge < -0.3 is 33.9 Å². The molecule has 3 heterocycles. The molecule has 0 unspecified atom stereocenters. The maximum Gasteiger partial charge on any atom is 0.313 e. The van der Waals surface area contributed by atoms with Crippen molar-refractivity contribution in [1.29, 1.82) is 0 Å². The van der Waals surface area contributed by atoms with Gasteiger partial charge in [-0.2, -0.15) is 0 Å². The second kappa shape index (κ2) is 13.9. The number of hydrogen-bond acceptors (Lipinski definition) is 9. The summed E-state index contributed by atoms with van der Waals surface area (Å²) in [5.41, 5.74) is 1.23. The summed E-state index contributed by atoms with van der Waals surface area (Å²) in [6.45, 7) is 11.7. The van der Waals surface area contributed by atoms with Crippen molar-refractivity contribution in [2.45, 2.75) is 116 Å². The van der Waals surface area contributed by atoms with Crippen LogP contribution in [0.2, 0.25) is 0 Å². The lowest BCUT2D eigenvalue weighted by Gasteiger charge is -2.57. The number of methoxy groups -OCH3 is 1. The van der Waals surface area contributed by atoms with Crippen molar-refractivity contribution in [1.82, 2.24) is 0 Å². The predicted octanol–water partition coefficient (Wildman–Crippen LogP) is 7.62. The minimum absolute atomic E-state index is 0.0134. The summed E-state index contributed by atoms with van der Waals surface area (Å²) in [6.07, 6.45) is -1.41. The van der Waals surface area contributed by atoms with E-state index in [4.69, 9.17) is 23.7 Å². The molecule has 1 aromatic carbocycles. The number of carbonyl (C=O) groups is 2. The van der Waals surface area contributed by atoms with Gasteiger partial charge >= 0.3 is 11.9 Å². The van der Waals surface area contributed by atoms with Crippen LogP contribution in [0.15, 0.2) is 30.8 Å². The third-order valence-electron chi connectivity index (χ3n) is 9.41. The van der Waals surface area contributed by atoms with Gasteiger partial charge in [-0.15, -0.1) is 0 Å². The number of ether oxygens (including phenoxy) is 5. The van der Waals surface area contributed by atoms with Crippen LogP contribution < -0.4 is 0 Å². The van der Waals surface area contributed by atoms with Crippen molar-refractivity contribution in [2.75, 3.05) is 7.11 Å². The van der Waals surface area contributed by atoms with E-state index < -0.39 is 41.5 Å². The Kier molecular flexibility index (Phi) is 11.3. The second-order valence-electron chi connectivity index (χ2n) is 13.1. The van der Waals surface area contributed by atoms with Crippen LogP contribution in [0, 0.1) is 17.3 Å². The fraction of sp³-hybridized carbons (Fsp3) is 0.688. The molecule has 246 valence electrons. The Morgan fingerprint density at radius 3 is 2.41 bits per heavy atom. The van der Waals surface area contributed by atoms with Crippen molar-refractivity contribution < 1.29 is 43.5 Å². The molecule has 2 fully saturated rings. The van der Waals surface area contributed by atoms with E-state index in [2.05, 4.69) is 68.6 Å². The number of cyclic esters (lactones) is 1. The Bertz CT molecular complexity index is 1300. The number of carbonyl (C=O) groups excluding carboxylic acids is 2. The van der Waals surface area contributed by atoms with E-state index in [1.54, 1.807) is 13.2 Å². The van der Waals surface area contributed by atoms with Crippen molar-refractivity contribution in [3.63, 3.8) is 0 Å². The molecule has 3 bridgehead atoms. The molecule has 0 saturated carbocycles. The highest BCUT2D eigenvalue weighted by Gasteiger charge is 2.60. The summed E-state index contributed by atoms with van der Waals surface area (Å²) in [6, 6.07) is 1.79. The third kappa shape index (κ3) is 7.20. The highest BCUT2D eigenvalue weighted by atomic mass is 79.9. The molecule has 0 aliphatic carbocycles. The molecule has 2 N–H and O–H groups in total. The van der Waals surface area contributed by atoms with Crippen LogP contribution in [-0.4, -0.2) is 59.5 Å². The van der Waals surface area contributed by atoms with Crippen LogP contribution in [0.5, 0.6) is 5.75 Å². The van der Waals surface area contributed by atoms with Gasteiger partial charge in [0.2, 0.25) is 5.79 Å². The maximum absolute atomic E-state index is 13.2. The first kappa shape index (κ1) is 35.7. The number of phenols is 1.